The predicted octanol–water partition coefficient (Wildman–Crippen LogP) is 3.25. The van der Waals surface area contributed by atoms with Crippen molar-refractivity contribution in [2.24, 2.45) is 0 Å². The molecule has 0 radical (unpaired) electrons. The Balaban J connectivity index is 1.52. The monoisotopic (exact) mass is 351 g/mol. The molecule has 2 aromatic carbocycles. The number of anilines is 1. The Hall–Kier alpha value is -2.17. The average Bonchev–Trinajstić information content (AvgIpc) is 2.65. The summed E-state index contributed by atoms with van der Waals surface area (Å²) in [5.74, 6) is 0.183. The molecular weight excluding hydrogens is 322 g/mol. The average molecular weight is 351 g/mol. The molecule has 0 spiro atoms. The standard InChI is InChI=1S/C22H29N3O/c1-19(2)25(21-11-7-4-8-12-21)22(26)18-24-15-13-23(14-16-24)17-20-9-5-3-6-10-20/h3-12,19H,13-18H2,1-2H3. The van der Waals surface area contributed by atoms with Crippen molar-refractivity contribution in [3.63, 3.8) is 0 Å². The Bertz CT molecular complexity index is 679. The highest BCUT2D eigenvalue weighted by Crippen LogP contribution is 2.17. The van der Waals surface area contributed by atoms with Crippen LogP contribution in [0.25, 0.3) is 0 Å². The van der Waals surface area contributed by atoms with Gasteiger partial charge in [-0.05, 0) is 31.5 Å². The maximum Gasteiger partial charge on any atom is 0.241 e. The number of hydrogen-bond donors (Lipinski definition) is 0. The molecule has 4 heteroatoms. The van der Waals surface area contributed by atoms with Crippen LogP contribution in [0, 0.1) is 0 Å². The first-order chi connectivity index (χ1) is 12.6. The van der Waals surface area contributed by atoms with Crippen molar-refractivity contribution in [2.45, 2.75) is 26.4 Å². The first-order valence-corrected chi connectivity index (χ1v) is 9.49. The van der Waals surface area contributed by atoms with Crippen LogP contribution in [0.1, 0.15) is 19.4 Å². The van der Waals surface area contributed by atoms with Crippen LogP contribution < -0.4 is 4.90 Å². The fourth-order valence-corrected chi connectivity index (χ4v) is 3.53. The highest BCUT2D eigenvalue weighted by molar-refractivity contribution is 5.95. The van der Waals surface area contributed by atoms with E-state index in [1.165, 1.54) is 5.56 Å². The maximum absolute atomic E-state index is 12.9. The van der Waals surface area contributed by atoms with Gasteiger partial charge in [0.2, 0.25) is 5.91 Å². The predicted molar refractivity (Wildman–Crippen MR) is 107 cm³/mol. The molecule has 0 saturated carbocycles. The molecule has 4 nitrogen and oxygen atoms in total. The minimum absolute atomic E-state index is 0.157. The molecule has 0 N–H and O–H groups in total. The Morgan fingerprint density at radius 1 is 0.885 bits per heavy atom. The van der Waals surface area contributed by atoms with E-state index in [1.807, 2.05) is 35.2 Å². The van der Waals surface area contributed by atoms with Crippen LogP contribution in [0.3, 0.4) is 0 Å². The molecule has 1 aliphatic heterocycles. The minimum atomic E-state index is 0.157. The zero-order valence-electron chi connectivity index (χ0n) is 15.8. The number of carbonyl (C=O) groups excluding carboxylic acids is 1. The molecule has 138 valence electrons. The Morgan fingerprint density at radius 3 is 2.00 bits per heavy atom. The second kappa shape index (κ2) is 8.97. The van der Waals surface area contributed by atoms with Crippen LogP contribution >= 0.6 is 0 Å². The van der Waals surface area contributed by atoms with Crippen LogP contribution in [0.2, 0.25) is 0 Å². The summed E-state index contributed by atoms with van der Waals surface area (Å²) < 4.78 is 0. The lowest BCUT2D eigenvalue weighted by Gasteiger charge is -2.36. The molecule has 1 fully saturated rings. The van der Waals surface area contributed by atoms with Crippen LogP contribution in [-0.4, -0.2) is 54.5 Å². The van der Waals surface area contributed by atoms with Gasteiger partial charge in [-0.2, -0.15) is 0 Å². The van der Waals surface area contributed by atoms with E-state index >= 15 is 0 Å². The number of para-hydroxylation sites is 1. The van der Waals surface area contributed by atoms with Crippen LogP contribution in [0.4, 0.5) is 5.69 Å². The Kier molecular flexibility index (Phi) is 6.42. The van der Waals surface area contributed by atoms with Gasteiger partial charge in [-0.15, -0.1) is 0 Å². The van der Waals surface area contributed by atoms with Gasteiger partial charge in [0, 0.05) is 44.5 Å². The SMILES string of the molecule is CC(C)N(C(=O)CN1CCN(Cc2ccccc2)CC1)c1ccccc1. The van der Waals surface area contributed by atoms with Gasteiger partial charge in [-0.3, -0.25) is 14.6 Å². The van der Waals surface area contributed by atoms with E-state index < -0.39 is 0 Å². The molecule has 1 amide bonds. The number of piperazine rings is 1. The van der Waals surface area contributed by atoms with Crippen molar-refractivity contribution in [1.82, 2.24) is 9.80 Å². The van der Waals surface area contributed by atoms with Crippen molar-refractivity contribution in [2.75, 3.05) is 37.6 Å². The lowest BCUT2D eigenvalue weighted by molar-refractivity contribution is -0.120. The molecule has 0 atom stereocenters. The molecule has 3 rings (SSSR count). The highest BCUT2D eigenvalue weighted by Gasteiger charge is 2.24. The number of benzene rings is 2. The molecule has 2 aromatic rings. The topological polar surface area (TPSA) is 26.8 Å². The summed E-state index contributed by atoms with van der Waals surface area (Å²) >= 11 is 0. The second-order valence-electron chi connectivity index (χ2n) is 7.23. The number of amides is 1. The number of nitrogens with zero attached hydrogens (tertiary/aromatic N) is 3. The van der Waals surface area contributed by atoms with Crippen LogP contribution in [0.5, 0.6) is 0 Å². The zero-order valence-corrected chi connectivity index (χ0v) is 15.8. The summed E-state index contributed by atoms with van der Waals surface area (Å²) in [6, 6.07) is 20.7. The quantitative estimate of drug-likeness (QED) is 0.799. The Labute approximate surface area is 157 Å². The normalized spacial score (nSPS) is 16.0. The van der Waals surface area contributed by atoms with Gasteiger partial charge in [0.1, 0.15) is 0 Å². The third-order valence-electron chi connectivity index (χ3n) is 4.89. The van der Waals surface area contributed by atoms with E-state index in [1.54, 1.807) is 0 Å². The van der Waals surface area contributed by atoms with Crippen molar-refractivity contribution >= 4 is 11.6 Å². The molecule has 0 aromatic heterocycles. The number of carbonyl (C=O) groups is 1. The third kappa shape index (κ3) is 4.93. The van der Waals surface area contributed by atoms with Crippen molar-refractivity contribution in [3.05, 3.63) is 66.2 Å². The smallest absolute Gasteiger partial charge is 0.241 e. The lowest BCUT2D eigenvalue weighted by atomic mass is 10.2. The van der Waals surface area contributed by atoms with Gasteiger partial charge in [0.15, 0.2) is 0 Å². The second-order valence-corrected chi connectivity index (χ2v) is 7.23. The number of rotatable bonds is 6. The summed E-state index contributed by atoms with van der Waals surface area (Å²) in [7, 11) is 0. The van der Waals surface area contributed by atoms with Crippen molar-refractivity contribution in [3.8, 4) is 0 Å². The molecule has 1 heterocycles. The molecule has 1 aliphatic rings. The van der Waals surface area contributed by atoms with E-state index in [2.05, 4.69) is 54.0 Å². The van der Waals surface area contributed by atoms with E-state index in [9.17, 15) is 4.79 Å². The van der Waals surface area contributed by atoms with E-state index in [0.29, 0.717) is 6.54 Å². The van der Waals surface area contributed by atoms with E-state index in [0.717, 1.165) is 38.4 Å². The highest BCUT2D eigenvalue weighted by atomic mass is 16.2. The first-order valence-electron chi connectivity index (χ1n) is 9.49. The van der Waals surface area contributed by atoms with E-state index in [-0.39, 0.29) is 11.9 Å². The largest absolute Gasteiger partial charge is 0.309 e. The fourth-order valence-electron chi connectivity index (χ4n) is 3.53. The lowest BCUT2D eigenvalue weighted by Crippen LogP contribution is -2.50. The molecule has 0 bridgehead atoms. The van der Waals surface area contributed by atoms with E-state index in [4.69, 9.17) is 0 Å². The summed E-state index contributed by atoms with van der Waals surface area (Å²) in [5.41, 5.74) is 2.34. The van der Waals surface area contributed by atoms with Gasteiger partial charge in [0.25, 0.3) is 0 Å². The van der Waals surface area contributed by atoms with Gasteiger partial charge in [0.05, 0.1) is 6.54 Å². The van der Waals surface area contributed by atoms with Crippen molar-refractivity contribution in [1.29, 1.82) is 0 Å². The van der Waals surface area contributed by atoms with Crippen molar-refractivity contribution < 1.29 is 4.79 Å². The number of hydrogen-bond acceptors (Lipinski definition) is 3. The summed E-state index contributed by atoms with van der Waals surface area (Å²) in [6.07, 6.45) is 0. The van der Waals surface area contributed by atoms with Gasteiger partial charge in [-0.25, -0.2) is 0 Å². The van der Waals surface area contributed by atoms with Crippen LogP contribution in [-0.2, 0) is 11.3 Å². The molecule has 1 saturated heterocycles. The first kappa shape index (κ1) is 18.6. The third-order valence-corrected chi connectivity index (χ3v) is 4.89. The molecule has 26 heavy (non-hydrogen) atoms. The zero-order chi connectivity index (χ0) is 18.4. The molecular formula is C22H29N3O. The van der Waals surface area contributed by atoms with Gasteiger partial charge in [-0.1, -0.05) is 48.5 Å². The fraction of sp³-hybridized carbons (Fsp3) is 0.409. The van der Waals surface area contributed by atoms with Gasteiger partial charge >= 0.3 is 0 Å². The summed E-state index contributed by atoms with van der Waals surface area (Å²) in [6.45, 7) is 9.53. The van der Waals surface area contributed by atoms with Gasteiger partial charge < -0.3 is 4.90 Å². The summed E-state index contributed by atoms with van der Waals surface area (Å²) in [5, 5.41) is 0. The Morgan fingerprint density at radius 2 is 1.42 bits per heavy atom. The minimum Gasteiger partial charge on any atom is -0.309 e. The van der Waals surface area contributed by atoms with Crippen LogP contribution in [0.15, 0.2) is 60.7 Å². The molecule has 0 aliphatic carbocycles. The molecule has 0 unspecified atom stereocenters. The maximum atomic E-state index is 12.9. The summed E-state index contributed by atoms with van der Waals surface area (Å²) in [4.78, 5) is 19.6.